The normalized spacial score (nSPS) is 15.8. The van der Waals surface area contributed by atoms with Crippen molar-refractivity contribution in [3.05, 3.63) is 51.9 Å². The lowest BCUT2D eigenvalue weighted by atomic mass is 10.1. The van der Waals surface area contributed by atoms with Gasteiger partial charge in [0.15, 0.2) is 11.5 Å². The maximum Gasteiger partial charge on any atom is 0.310 e. The van der Waals surface area contributed by atoms with Gasteiger partial charge in [-0.3, -0.25) is 15.0 Å². The van der Waals surface area contributed by atoms with Crippen LogP contribution < -0.4 is 15.6 Å². The number of pyridine rings is 1. The molecule has 1 aromatic heterocycles. The summed E-state index contributed by atoms with van der Waals surface area (Å²) in [7, 11) is -8.79. The number of hydrogen-bond donors (Lipinski definition) is 2. The summed E-state index contributed by atoms with van der Waals surface area (Å²) >= 11 is 0. The highest BCUT2D eigenvalue weighted by molar-refractivity contribution is 8.45. The Morgan fingerprint density at radius 3 is 2.45 bits per heavy atom. The molecule has 0 aliphatic carbocycles. The van der Waals surface area contributed by atoms with Crippen LogP contribution in [-0.2, 0) is 6.54 Å². The first-order valence-electron chi connectivity index (χ1n) is 8.96. The predicted molar refractivity (Wildman–Crippen MR) is 107 cm³/mol. The van der Waals surface area contributed by atoms with Crippen LogP contribution in [0.2, 0.25) is 0 Å². The molecule has 13 heteroatoms. The molecule has 0 unspecified atom stereocenters. The molecular weight excluding hydrogens is 447 g/mol. The molecule has 0 atom stereocenters. The molecule has 0 fully saturated rings. The predicted octanol–water partition coefficient (Wildman–Crippen LogP) is 4.43. The van der Waals surface area contributed by atoms with Crippen molar-refractivity contribution < 1.29 is 29.0 Å². The fourth-order valence-corrected chi connectivity index (χ4v) is 3.81. The van der Waals surface area contributed by atoms with Crippen LogP contribution in [0, 0.1) is 5.41 Å². The number of fused-ring (bicyclic) bond motifs is 1. The smallest absolute Gasteiger partial charge is 0.310 e. The van der Waals surface area contributed by atoms with Gasteiger partial charge in [0, 0.05) is 24.0 Å². The summed E-state index contributed by atoms with van der Waals surface area (Å²) in [6, 6.07) is 4.31. The standard InChI is InChI=1S/C18H19F5N4O3S/c1-3-30-16-5-4-13-9-26(18(24)27(13)17(16)29)10-15(28)11-6-12(25-2)8-14(7-11)31(19,20,21,22)23/h4-8,24-25H,3,9-10H2,1-2H3. The molecule has 0 spiro atoms. The van der Waals surface area contributed by atoms with Crippen LogP contribution in [0.25, 0.3) is 0 Å². The molecule has 0 radical (unpaired) electrons. The highest BCUT2D eigenvalue weighted by Gasteiger charge is 2.65. The van der Waals surface area contributed by atoms with Crippen molar-refractivity contribution in [2.24, 2.45) is 0 Å². The molecule has 3 rings (SSSR count). The topological polar surface area (TPSA) is 87.4 Å². The number of nitrogens with zero attached hydrogens (tertiary/aromatic N) is 2. The van der Waals surface area contributed by atoms with Gasteiger partial charge in [-0.1, -0.05) is 19.4 Å². The molecule has 0 saturated carbocycles. The molecule has 1 aliphatic rings. The van der Waals surface area contributed by atoms with E-state index in [1.807, 2.05) is 0 Å². The molecule has 0 bridgehead atoms. The third kappa shape index (κ3) is 4.50. The summed E-state index contributed by atoms with van der Waals surface area (Å²) in [6.07, 6.45) is 0. The lowest BCUT2D eigenvalue weighted by Gasteiger charge is -2.40. The summed E-state index contributed by atoms with van der Waals surface area (Å²) in [4.78, 5) is 24.0. The number of nitrogens with one attached hydrogen (secondary N) is 2. The number of benzene rings is 1. The van der Waals surface area contributed by atoms with Gasteiger partial charge in [-0.15, -0.1) is 0 Å². The van der Waals surface area contributed by atoms with Crippen LogP contribution in [0.3, 0.4) is 0 Å². The van der Waals surface area contributed by atoms with Crippen molar-refractivity contribution >= 4 is 27.7 Å². The van der Waals surface area contributed by atoms with E-state index in [4.69, 9.17) is 10.1 Å². The Kier molecular flexibility index (Phi) is 4.89. The van der Waals surface area contributed by atoms with Gasteiger partial charge in [0.25, 0.3) is 5.56 Å². The minimum atomic E-state index is -10.0. The van der Waals surface area contributed by atoms with Gasteiger partial charge in [0.2, 0.25) is 5.96 Å². The zero-order valence-electron chi connectivity index (χ0n) is 16.4. The van der Waals surface area contributed by atoms with Gasteiger partial charge < -0.3 is 15.0 Å². The molecule has 0 amide bonds. The van der Waals surface area contributed by atoms with E-state index in [9.17, 15) is 29.0 Å². The van der Waals surface area contributed by atoms with Gasteiger partial charge in [0.05, 0.1) is 19.7 Å². The monoisotopic (exact) mass is 466 g/mol. The largest absolute Gasteiger partial charge is 0.488 e. The van der Waals surface area contributed by atoms with Crippen LogP contribution in [0.4, 0.5) is 25.1 Å². The number of anilines is 1. The van der Waals surface area contributed by atoms with Crippen LogP contribution in [0.1, 0.15) is 23.0 Å². The number of hydrogen-bond acceptors (Lipinski definition) is 5. The second-order valence-corrected chi connectivity index (χ2v) is 9.24. The molecule has 2 aromatic rings. The first-order valence-corrected chi connectivity index (χ1v) is 10.9. The zero-order chi connectivity index (χ0) is 23.3. The molecular formula is C18H19F5N4O3S. The lowest BCUT2D eigenvalue weighted by Crippen LogP contribution is -2.36. The quantitative estimate of drug-likeness (QED) is 0.466. The van der Waals surface area contributed by atoms with Gasteiger partial charge in [-0.2, -0.15) is 0 Å². The second kappa shape index (κ2) is 6.70. The number of rotatable bonds is 7. The molecule has 1 aliphatic heterocycles. The average molecular weight is 466 g/mol. The van der Waals surface area contributed by atoms with Crippen molar-refractivity contribution in [2.45, 2.75) is 18.4 Å². The van der Waals surface area contributed by atoms with Crippen molar-refractivity contribution in [1.82, 2.24) is 9.47 Å². The Hall–Kier alpha value is -3.09. The van der Waals surface area contributed by atoms with Crippen LogP contribution in [0.15, 0.2) is 40.0 Å². The fraction of sp³-hybridized carbons (Fsp3) is 0.278. The maximum absolute atomic E-state index is 13.3. The van der Waals surface area contributed by atoms with Crippen molar-refractivity contribution in [3.8, 4) is 5.75 Å². The second-order valence-electron chi connectivity index (χ2n) is 6.83. The number of aromatic nitrogens is 1. The zero-order valence-corrected chi connectivity index (χ0v) is 17.2. The van der Waals surface area contributed by atoms with E-state index in [0.717, 1.165) is 15.5 Å². The summed E-state index contributed by atoms with van der Waals surface area (Å²) in [5.41, 5.74) is -1.14. The SMILES string of the molecule is CCOc1ccc2n(c1=O)C(=N)N(CC(=O)c1cc(NC)cc(S(F)(F)(F)(F)F)c1)C2. The summed E-state index contributed by atoms with van der Waals surface area (Å²) < 4.78 is 72.5. The summed E-state index contributed by atoms with van der Waals surface area (Å²) in [5.74, 6) is -1.28. The lowest BCUT2D eigenvalue weighted by molar-refractivity contribution is 0.0962. The third-order valence-electron chi connectivity index (χ3n) is 4.59. The number of ether oxygens (including phenoxy) is 1. The molecule has 2 N–H and O–H groups in total. The molecule has 7 nitrogen and oxygen atoms in total. The van der Waals surface area contributed by atoms with E-state index in [0.29, 0.717) is 5.69 Å². The number of Topliss-reactive ketones (excluding diaryl/α,β-unsaturated/α-hetero) is 1. The van der Waals surface area contributed by atoms with E-state index in [2.05, 4.69) is 5.32 Å². The minimum Gasteiger partial charge on any atom is -0.488 e. The van der Waals surface area contributed by atoms with Crippen molar-refractivity contribution in [2.75, 3.05) is 25.5 Å². The van der Waals surface area contributed by atoms with E-state index < -0.39 is 38.6 Å². The third-order valence-corrected chi connectivity index (χ3v) is 5.72. The number of carbonyl (C=O) groups excluding carboxylic acids is 1. The molecule has 170 valence electrons. The number of halogens is 5. The Balaban J connectivity index is 1.92. The van der Waals surface area contributed by atoms with E-state index >= 15 is 0 Å². The Bertz CT molecular complexity index is 1150. The minimum absolute atomic E-state index is 0.00594. The number of carbonyl (C=O) groups is 1. The van der Waals surface area contributed by atoms with Gasteiger partial charge in [-0.25, -0.2) is 4.57 Å². The van der Waals surface area contributed by atoms with Gasteiger partial charge in [0.1, 0.15) is 4.90 Å². The molecule has 2 heterocycles. The molecule has 0 saturated heterocycles. The maximum atomic E-state index is 13.3. The average Bonchev–Trinajstić information content (AvgIpc) is 2.98. The summed E-state index contributed by atoms with van der Waals surface area (Å²) in [6.45, 7) is 1.28. The Morgan fingerprint density at radius 2 is 1.87 bits per heavy atom. The van der Waals surface area contributed by atoms with Crippen LogP contribution >= 0.6 is 10.2 Å². The Morgan fingerprint density at radius 1 is 1.19 bits per heavy atom. The van der Waals surface area contributed by atoms with Crippen LogP contribution in [0.5, 0.6) is 5.75 Å². The first kappa shape index (κ1) is 22.6. The van der Waals surface area contributed by atoms with Gasteiger partial charge in [-0.05, 0) is 37.3 Å². The molecule has 1 aromatic carbocycles. The van der Waals surface area contributed by atoms with Crippen molar-refractivity contribution in [1.29, 1.82) is 5.41 Å². The van der Waals surface area contributed by atoms with E-state index in [-0.39, 0.29) is 42.7 Å². The molecule has 31 heavy (non-hydrogen) atoms. The highest BCUT2D eigenvalue weighted by atomic mass is 32.5. The summed E-state index contributed by atoms with van der Waals surface area (Å²) in [5, 5.41) is 10.5. The highest BCUT2D eigenvalue weighted by Crippen LogP contribution is 3.02. The number of ketones is 1. The van der Waals surface area contributed by atoms with Crippen LogP contribution in [-0.4, -0.2) is 41.4 Å². The van der Waals surface area contributed by atoms with Gasteiger partial charge >= 0.3 is 10.2 Å². The van der Waals surface area contributed by atoms with E-state index in [1.54, 1.807) is 6.92 Å². The Labute approximate surface area is 173 Å². The fourth-order valence-electron chi connectivity index (χ4n) is 3.11. The first-order chi connectivity index (χ1) is 14.1. The van der Waals surface area contributed by atoms with Crippen molar-refractivity contribution in [3.63, 3.8) is 0 Å². The van der Waals surface area contributed by atoms with E-state index in [1.165, 1.54) is 19.2 Å².